The molecule has 6 nitrogen and oxygen atoms in total. The first-order valence-electron chi connectivity index (χ1n) is 6.47. The first-order chi connectivity index (χ1) is 10.3. The van der Waals surface area contributed by atoms with Crippen molar-refractivity contribution in [3.8, 4) is 0 Å². The summed E-state index contributed by atoms with van der Waals surface area (Å²) in [5.41, 5.74) is 2.17. The van der Waals surface area contributed by atoms with Gasteiger partial charge < -0.3 is 4.90 Å². The van der Waals surface area contributed by atoms with E-state index in [4.69, 9.17) is 0 Å². The number of carbonyl (C=O) groups excluding carboxylic acids is 2. The van der Waals surface area contributed by atoms with Crippen molar-refractivity contribution in [2.75, 3.05) is 6.54 Å². The minimum atomic E-state index is -0.0382. The quantitative estimate of drug-likeness (QED) is 0.912. The van der Waals surface area contributed by atoms with Crippen LogP contribution in [0.2, 0.25) is 0 Å². The van der Waals surface area contributed by atoms with Crippen LogP contribution in [0.4, 0.5) is 0 Å². The lowest BCUT2D eigenvalue weighted by Crippen LogP contribution is -2.31. The Balaban J connectivity index is 1.90. The SMILES string of the molecule is O=C1CCN2C(=O)c3ccccc3C2=C1Sc1ncn[nH]1. The highest BCUT2D eigenvalue weighted by atomic mass is 32.2. The van der Waals surface area contributed by atoms with Crippen molar-refractivity contribution >= 4 is 29.1 Å². The van der Waals surface area contributed by atoms with Gasteiger partial charge in [-0.2, -0.15) is 5.10 Å². The molecule has 0 spiro atoms. The topological polar surface area (TPSA) is 79.0 Å². The van der Waals surface area contributed by atoms with Crippen molar-refractivity contribution in [1.82, 2.24) is 20.1 Å². The molecule has 21 heavy (non-hydrogen) atoms. The number of aromatic amines is 1. The van der Waals surface area contributed by atoms with Gasteiger partial charge in [0.15, 0.2) is 10.9 Å². The number of allylic oxidation sites excluding steroid dienone is 1. The van der Waals surface area contributed by atoms with Crippen molar-refractivity contribution < 1.29 is 9.59 Å². The molecule has 1 aromatic carbocycles. The summed E-state index contributed by atoms with van der Waals surface area (Å²) in [6.45, 7) is 0.433. The molecule has 3 heterocycles. The lowest BCUT2D eigenvalue weighted by molar-refractivity contribution is -0.115. The van der Waals surface area contributed by atoms with Crippen LogP contribution in [0.15, 0.2) is 40.7 Å². The molecule has 7 heteroatoms. The van der Waals surface area contributed by atoms with Crippen LogP contribution in [-0.4, -0.2) is 38.3 Å². The number of nitrogens with one attached hydrogen (secondary N) is 1. The lowest BCUT2D eigenvalue weighted by Gasteiger charge is -2.25. The Labute approximate surface area is 124 Å². The zero-order valence-corrected chi connectivity index (χ0v) is 11.7. The number of hydrogen-bond acceptors (Lipinski definition) is 5. The summed E-state index contributed by atoms with van der Waals surface area (Å²) >= 11 is 1.23. The highest BCUT2D eigenvalue weighted by Gasteiger charge is 2.39. The Morgan fingerprint density at radius 2 is 2.00 bits per heavy atom. The number of hydrogen-bond donors (Lipinski definition) is 1. The van der Waals surface area contributed by atoms with Gasteiger partial charge in [0.05, 0.1) is 10.6 Å². The maximum atomic E-state index is 12.4. The molecule has 0 bridgehead atoms. The maximum Gasteiger partial charge on any atom is 0.259 e. The van der Waals surface area contributed by atoms with Crippen molar-refractivity contribution in [2.45, 2.75) is 11.6 Å². The molecule has 2 aliphatic rings. The molecule has 1 aromatic heterocycles. The number of fused-ring (bicyclic) bond motifs is 3. The molecule has 4 rings (SSSR count). The third-order valence-corrected chi connectivity index (χ3v) is 4.57. The second-order valence-corrected chi connectivity index (χ2v) is 5.75. The molecule has 1 amide bonds. The van der Waals surface area contributed by atoms with Crippen molar-refractivity contribution in [3.63, 3.8) is 0 Å². The van der Waals surface area contributed by atoms with E-state index in [-0.39, 0.29) is 11.7 Å². The smallest absolute Gasteiger partial charge is 0.259 e. The largest absolute Gasteiger partial charge is 0.306 e. The summed E-state index contributed by atoms with van der Waals surface area (Å²) < 4.78 is 0. The van der Waals surface area contributed by atoms with Crippen LogP contribution in [0.3, 0.4) is 0 Å². The number of benzene rings is 1. The van der Waals surface area contributed by atoms with Crippen molar-refractivity contribution in [3.05, 3.63) is 46.6 Å². The van der Waals surface area contributed by atoms with Crippen molar-refractivity contribution in [2.24, 2.45) is 0 Å². The van der Waals surface area contributed by atoms with Gasteiger partial charge in [0.2, 0.25) is 0 Å². The molecule has 0 atom stereocenters. The van der Waals surface area contributed by atoms with Crippen LogP contribution >= 0.6 is 11.8 Å². The van der Waals surface area contributed by atoms with Crippen LogP contribution in [0, 0.1) is 0 Å². The van der Waals surface area contributed by atoms with Crippen LogP contribution in [-0.2, 0) is 4.79 Å². The first-order valence-corrected chi connectivity index (χ1v) is 7.29. The van der Waals surface area contributed by atoms with Gasteiger partial charge in [-0.25, -0.2) is 4.98 Å². The van der Waals surface area contributed by atoms with Crippen molar-refractivity contribution in [1.29, 1.82) is 0 Å². The number of amides is 1. The van der Waals surface area contributed by atoms with E-state index in [1.54, 1.807) is 11.0 Å². The number of aromatic nitrogens is 3. The summed E-state index contributed by atoms with van der Waals surface area (Å²) in [6, 6.07) is 7.38. The predicted octanol–water partition coefficient (Wildman–Crippen LogP) is 1.69. The molecular weight excluding hydrogens is 288 g/mol. The van der Waals surface area contributed by atoms with Gasteiger partial charge in [0.1, 0.15) is 6.33 Å². The zero-order chi connectivity index (χ0) is 14.4. The number of thioether (sulfide) groups is 1. The minimum absolute atomic E-state index is 0.0344. The normalized spacial score (nSPS) is 17.2. The van der Waals surface area contributed by atoms with E-state index in [1.807, 2.05) is 18.2 Å². The molecule has 104 valence electrons. The fourth-order valence-electron chi connectivity index (χ4n) is 2.63. The molecule has 0 radical (unpaired) electrons. The van der Waals surface area contributed by atoms with Crippen LogP contribution in [0.25, 0.3) is 5.70 Å². The van der Waals surface area contributed by atoms with Gasteiger partial charge in [0, 0.05) is 24.1 Å². The molecule has 1 N–H and O–H groups in total. The summed E-state index contributed by atoms with van der Waals surface area (Å²) in [6.07, 6.45) is 1.73. The van der Waals surface area contributed by atoms with E-state index < -0.39 is 0 Å². The van der Waals surface area contributed by atoms with Gasteiger partial charge in [-0.15, -0.1) is 0 Å². The highest BCUT2D eigenvalue weighted by Crippen LogP contribution is 2.42. The summed E-state index contributed by atoms with van der Waals surface area (Å²) in [5, 5.41) is 7.06. The number of nitrogens with zero attached hydrogens (tertiary/aromatic N) is 3. The number of H-pyrrole nitrogens is 1. The average Bonchev–Trinajstić information content (AvgIpc) is 3.10. The molecule has 2 aliphatic heterocycles. The number of carbonyl (C=O) groups is 2. The van der Waals surface area contributed by atoms with Gasteiger partial charge in [-0.1, -0.05) is 18.2 Å². The third kappa shape index (κ3) is 1.81. The number of rotatable bonds is 2. The van der Waals surface area contributed by atoms with Crippen LogP contribution in [0.5, 0.6) is 0 Å². The fourth-order valence-corrected chi connectivity index (χ4v) is 3.56. The summed E-state index contributed by atoms with van der Waals surface area (Å²) in [7, 11) is 0. The summed E-state index contributed by atoms with van der Waals surface area (Å²) in [5.74, 6) is -0.00378. The standard InChI is InChI=1S/C14H10N4O2S/c19-10-5-6-18-11(12(10)21-14-15-7-16-17-14)8-3-1-2-4-9(8)13(18)20/h1-4,7H,5-6H2,(H,15,16,17). The Morgan fingerprint density at radius 3 is 2.76 bits per heavy atom. The van der Waals surface area contributed by atoms with Crippen LogP contribution < -0.4 is 0 Å². The Bertz CT molecular complexity index is 782. The van der Waals surface area contributed by atoms with Gasteiger partial charge in [0.25, 0.3) is 5.91 Å². The molecule has 0 unspecified atom stereocenters. The number of Topliss-reactive ketones (excluding diaryl/α,β-unsaturated/α-hetero) is 1. The molecule has 0 fully saturated rings. The molecule has 2 aromatic rings. The Kier molecular flexibility index (Phi) is 2.68. The third-order valence-electron chi connectivity index (χ3n) is 3.55. The number of ketones is 1. The monoisotopic (exact) mass is 298 g/mol. The van der Waals surface area contributed by atoms with Crippen LogP contribution in [0.1, 0.15) is 22.3 Å². The van der Waals surface area contributed by atoms with E-state index >= 15 is 0 Å². The molecule has 0 saturated heterocycles. The minimum Gasteiger partial charge on any atom is -0.306 e. The lowest BCUT2D eigenvalue weighted by atomic mass is 10.1. The van der Waals surface area contributed by atoms with E-state index in [9.17, 15) is 9.59 Å². The van der Waals surface area contributed by atoms with E-state index in [2.05, 4.69) is 15.2 Å². The summed E-state index contributed by atoms with van der Waals surface area (Å²) in [4.78, 5) is 31.0. The molecule has 0 aliphatic carbocycles. The molecule has 0 saturated carbocycles. The van der Waals surface area contributed by atoms with Gasteiger partial charge in [-0.3, -0.25) is 14.7 Å². The highest BCUT2D eigenvalue weighted by molar-refractivity contribution is 8.04. The average molecular weight is 298 g/mol. The molecular formula is C14H10N4O2S. The Morgan fingerprint density at radius 1 is 1.19 bits per heavy atom. The van der Waals surface area contributed by atoms with E-state index in [0.29, 0.717) is 34.3 Å². The van der Waals surface area contributed by atoms with Gasteiger partial charge >= 0.3 is 0 Å². The predicted molar refractivity (Wildman–Crippen MR) is 76.3 cm³/mol. The maximum absolute atomic E-state index is 12.4. The van der Waals surface area contributed by atoms with Gasteiger partial charge in [-0.05, 0) is 17.8 Å². The fraction of sp³-hybridized carbons (Fsp3) is 0.143. The Hall–Kier alpha value is -2.41. The first kappa shape index (κ1) is 12.3. The second kappa shape index (κ2) is 4.56. The second-order valence-electron chi connectivity index (χ2n) is 4.75. The zero-order valence-electron chi connectivity index (χ0n) is 10.9. The van der Waals surface area contributed by atoms with E-state index in [0.717, 1.165) is 5.56 Å². The van der Waals surface area contributed by atoms with E-state index in [1.165, 1.54) is 18.1 Å².